The highest BCUT2D eigenvalue weighted by atomic mass is 19.1. The zero-order chi connectivity index (χ0) is 18.7. The normalized spacial score (nSPS) is 19.4. The molecule has 140 valence electrons. The van der Waals surface area contributed by atoms with E-state index in [1.165, 1.54) is 11.6 Å². The summed E-state index contributed by atoms with van der Waals surface area (Å²) in [7, 11) is 0. The lowest BCUT2D eigenvalue weighted by molar-refractivity contribution is -0.135. The Morgan fingerprint density at radius 2 is 1.63 bits per heavy atom. The molecular formula is C23H25FN2O. The van der Waals surface area contributed by atoms with Crippen LogP contribution in [0.2, 0.25) is 0 Å². The molecule has 2 aromatic carbocycles. The van der Waals surface area contributed by atoms with Gasteiger partial charge in [-0.15, -0.1) is 0 Å². The standard InChI is InChI=1S/C23H25FN2O/c24-21-11-5-4-10-20(21)23(12-13-23)22(27)26-17-15-25(16-18-26)14-6-9-19-7-2-1-3-8-19/h1-11H,12-18H2/b9-6+. The molecule has 0 bridgehead atoms. The molecule has 2 fully saturated rings. The molecule has 0 radical (unpaired) electrons. The average molecular weight is 364 g/mol. The SMILES string of the molecule is O=C(N1CCN(C/C=C/c2ccccc2)CC1)C1(c2ccccc2F)CC1. The summed E-state index contributed by atoms with van der Waals surface area (Å²) in [5.41, 5.74) is 1.16. The molecule has 4 rings (SSSR count). The highest BCUT2D eigenvalue weighted by Crippen LogP contribution is 2.50. The fraction of sp³-hybridized carbons (Fsp3) is 0.348. The van der Waals surface area contributed by atoms with E-state index in [9.17, 15) is 9.18 Å². The first-order valence-electron chi connectivity index (χ1n) is 9.67. The van der Waals surface area contributed by atoms with Gasteiger partial charge in [0.15, 0.2) is 0 Å². The second-order valence-electron chi connectivity index (χ2n) is 7.47. The Morgan fingerprint density at radius 1 is 0.963 bits per heavy atom. The quantitative estimate of drug-likeness (QED) is 0.807. The molecule has 1 aliphatic heterocycles. The molecule has 0 aromatic heterocycles. The fourth-order valence-corrected chi connectivity index (χ4v) is 3.91. The van der Waals surface area contributed by atoms with E-state index in [4.69, 9.17) is 0 Å². The molecule has 0 atom stereocenters. The summed E-state index contributed by atoms with van der Waals surface area (Å²) < 4.78 is 14.2. The molecule has 1 amide bonds. The van der Waals surface area contributed by atoms with E-state index in [2.05, 4.69) is 29.2 Å². The number of hydrogen-bond acceptors (Lipinski definition) is 2. The summed E-state index contributed by atoms with van der Waals surface area (Å²) in [5, 5.41) is 0. The Bertz CT molecular complexity index is 821. The number of nitrogens with zero attached hydrogens (tertiary/aromatic N) is 2. The Morgan fingerprint density at radius 3 is 2.30 bits per heavy atom. The van der Waals surface area contributed by atoms with Gasteiger partial charge in [0.05, 0.1) is 5.41 Å². The van der Waals surface area contributed by atoms with Gasteiger partial charge in [0.25, 0.3) is 0 Å². The zero-order valence-electron chi connectivity index (χ0n) is 15.5. The first kappa shape index (κ1) is 17.9. The number of halogens is 1. The number of benzene rings is 2. The molecule has 1 aliphatic carbocycles. The van der Waals surface area contributed by atoms with Gasteiger partial charge in [0, 0.05) is 38.3 Å². The Hall–Kier alpha value is -2.46. The maximum absolute atomic E-state index is 14.2. The second-order valence-corrected chi connectivity index (χ2v) is 7.47. The van der Waals surface area contributed by atoms with Crippen LogP contribution in [0.5, 0.6) is 0 Å². The van der Waals surface area contributed by atoms with E-state index in [0.717, 1.165) is 32.5 Å². The maximum atomic E-state index is 14.2. The van der Waals surface area contributed by atoms with Crippen molar-refractivity contribution < 1.29 is 9.18 Å². The van der Waals surface area contributed by atoms with Gasteiger partial charge in [-0.1, -0.05) is 60.7 Å². The number of amides is 1. The number of hydrogen-bond donors (Lipinski definition) is 0. The predicted octanol–water partition coefficient (Wildman–Crippen LogP) is 3.71. The van der Waals surface area contributed by atoms with E-state index >= 15 is 0 Å². The lowest BCUT2D eigenvalue weighted by atomic mass is 9.93. The van der Waals surface area contributed by atoms with Crippen LogP contribution in [-0.2, 0) is 10.2 Å². The molecule has 3 nitrogen and oxygen atoms in total. The van der Waals surface area contributed by atoms with E-state index in [-0.39, 0.29) is 11.7 Å². The van der Waals surface area contributed by atoms with E-state index in [1.807, 2.05) is 29.2 Å². The highest BCUT2D eigenvalue weighted by Gasteiger charge is 2.54. The number of rotatable bonds is 5. The van der Waals surface area contributed by atoms with Gasteiger partial charge >= 0.3 is 0 Å². The van der Waals surface area contributed by atoms with Crippen molar-refractivity contribution in [3.63, 3.8) is 0 Å². The van der Waals surface area contributed by atoms with Crippen molar-refractivity contribution >= 4 is 12.0 Å². The van der Waals surface area contributed by atoms with Crippen molar-refractivity contribution in [3.05, 3.63) is 77.6 Å². The van der Waals surface area contributed by atoms with Crippen molar-refractivity contribution in [2.75, 3.05) is 32.7 Å². The van der Waals surface area contributed by atoms with Crippen molar-refractivity contribution in [1.82, 2.24) is 9.80 Å². The predicted molar refractivity (Wildman–Crippen MR) is 106 cm³/mol. The minimum atomic E-state index is -0.610. The summed E-state index contributed by atoms with van der Waals surface area (Å²) in [5.74, 6) is -0.153. The summed E-state index contributed by atoms with van der Waals surface area (Å²) in [6.07, 6.45) is 5.82. The molecule has 1 saturated carbocycles. The van der Waals surface area contributed by atoms with E-state index in [0.29, 0.717) is 18.7 Å². The molecule has 0 N–H and O–H groups in total. The van der Waals surface area contributed by atoms with Crippen LogP contribution >= 0.6 is 0 Å². The summed E-state index contributed by atoms with van der Waals surface area (Å²) in [6.45, 7) is 4.04. The van der Waals surface area contributed by atoms with Crippen LogP contribution in [-0.4, -0.2) is 48.4 Å². The van der Waals surface area contributed by atoms with E-state index < -0.39 is 5.41 Å². The van der Waals surface area contributed by atoms with Gasteiger partial charge < -0.3 is 4.90 Å². The number of carbonyl (C=O) groups excluding carboxylic acids is 1. The highest BCUT2D eigenvalue weighted by molar-refractivity contribution is 5.91. The summed E-state index contributed by atoms with van der Waals surface area (Å²) in [4.78, 5) is 17.3. The smallest absolute Gasteiger partial charge is 0.233 e. The van der Waals surface area contributed by atoms with Crippen molar-refractivity contribution in [3.8, 4) is 0 Å². The Balaban J connectivity index is 1.32. The maximum Gasteiger partial charge on any atom is 0.233 e. The molecule has 2 aliphatic rings. The molecule has 1 heterocycles. The number of carbonyl (C=O) groups is 1. The topological polar surface area (TPSA) is 23.6 Å². The molecule has 4 heteroatoms. The van der Waals surface area contributed by atoms with Crippen molar-refractivity contribution in [2.24, 2.45) is 0 Å². The van der Waals surface area contributed by atoms with Crippen molar-refractivity contribution in [2.45, 2.75) is 18.3 Å². The third-order valence-electron chi connectivity index (χ3n) is 5.68. The van der Waals surface area contributed by atoms with Crippen molar-refractivity contribution in [1.29, 1.82) is 0 Å². The van der Waals surface area contributed by atoms with Crippen LogP contribution in [0.3, 0.4) is 0 Å². The van der Waals surface area contributed by atoms with Crippen LogP contribution in [0.25, 0.3) is 6.08 Å². The van der Waals surface area contributed by atoms with E-state index in [1.54, 1.807) is 12.1 Å². The molecular weight excluding hydrogens is 339 g/mol. The third-order valence-corrected chi connectivity index (χ3v) is 5.68. The average Bonchev–Trinajstić information content (AvgIpc) is 3.51. The van der Waals surface area contributed by atoms with Crippen LogP contribution in [0.1, 0.15) is 24.0 Å². The molecule has 1 saturated heterocycles. The van der Waals surface area contributed by atoms with Crippen LogP contribution in [0.15, 0.2) is 60.7 Å². The largest absolute Gasteiger partial charge is 0.339 e. The Labute approximate surface area is 160 Å². The summed E-state index contributed by atoms with van der Waals surface area (Å²) >= 11 is 0. The molecule has 0 unspecified atom stereocenters. The number of piperazine rings is 1. The minimum Gasteiger partial charge on any atom is -0.339 e. The minimum absolute atomic E-state index is 0.104. The van der Waals surface area contributed by atoms with Gasteiger partial charge in [-0.2, -0.15) is 0 Å². The molecule has 2 aromatic rings. The van der Waals surface area contributed by atoms with Crippen LogP contribution < -0.4 is 0 Å². The fourth-order valence-electron chi connectivity index (χ4n) is 3.91. The zero-order valence-corrected chi connectivity index (χ0v) is 15.5. The first-order chi connectivity index (χ1) is 13.2. The van der Waals surface area contributed by atoms with Gasteiger partial charge in [-0.05, 0) is 24.5 Å². The lowest BCUT2D eigenvalue weighted by Gasteiger charge is -2.36. The monoisotopic (exact) mass is 364 g/mol. The lowest BCUT2D eigenvalue weighted by Crippen LogP contribution is -2.51. The summed E-state index contributed by atoms with van der Waals surface area (Å²) in [6, 6.07) is 17.0. The van der Waals surface area contributed by atoms with Gasteiger partial charge in [0.1, 0.15) is 5.82 Å². The first-order valence-corrected chi connectivity index (χ1v) is 9.67. The van der Waals surface area contributed by atoms with Gasteiger partial charge in [-0.25, -0.2) is 4.39 Å². The Kier molecular flexibility index (Phi) is 5.08. The van der Waals surface area contributed by atoms with Crippen LogP contribution in [0, 0.1) is 5.82 Å². The van der Waals surface area contributed by atoms with Gasteiger partial charge in [0.2, 0.25) is 5.91 Å². The molecule has 27 heavy (non-hydrogen) atoms. The molecule has 0 spiro atoms. The second kappa shape index (κ2) is 7.65. The third kappa shape index (κ3) is 3.81. The van der Waals surface area contributed by atoms with Crippen LogP contribution in [0.4, 0.5) is 4.39 Å². The van der Waals surface area contributed by atoms with Gasteiger partial charge in [-0.3, -0.25) is 9.69 Å².